The van der Waals surface area contributed by atoms with Crippen LogP contribution in [0, 0.1) is 11.8 Å². The van der Waals surface area contributed by atoms with E-state index in [0.717, 1.165) is 0 Å². The van der Waals surface area contributed by atoms with Crippen molar-refractivity contribution in [2.75, 3.05) is 30.8 Å². The molecule has 0 aliphatic heterocycles. The van der Waals surface area contributed by atoms with Crippen LogP contribution in [-0.4, -0.2) is 41.6 Å². The third-order valence-electron chi connectivity index (χ3n) is 3.48. The number of amides is 3. The van der Waals surface area contributed by atoms with Crippen LogP contribution in [0.3, 0.4) is 0 Å². The van der Waals surface area contributed by atoms with Crippen molar-refractivity contribution in [2.45, 2.75) is 34.2 Å². The summed E-state index contributed by atoms with van der Waals surface area (Å²) in [6.45, 7) is 8.08. The van der Waals surface area contributed by atoms with E-state index in [0.29, 0.717) is 13.1 Å². The van der Waals surface area contributed by atoms with Crippen molar-refractivity contribution in [3.05, 3.63) is 20.8 Å². The van der Waals surface area contributed by atoms with Crippen LogP contribution >= 0.6 is 0 Å². The third-order valence-corrected chi connectivity index (χ3v) is 3.48. The summed E-state index contributed by atoms with van der Waals surface area (Å²) >= 11 is 0. The van der Waals surface area contributed by atoms with Crippen molar-refractivity contribution in [2.24, 2.45) is 11.8 Å². The van der Waals surface area contributed by atoms with Gasteiger partial charge in [-0.15, -0.1) is 0 Å². The Kier molecular flexibility index (Phi) is 7.41. The minimum absolute atomic E-state index is 0.000781. The molecule has 0 atom stereocenters. The fourth-order valence-corrected chi connectivity index (χ4v) is 2.51. The van der Waals surface area contributed by atoms with Gasteiger partial charge in [-0.2, -0.15) is 0 Å². The molecule has 26 heavy (non-hydrogen) atoms. The van der Waals surface area contributed by atoms with E-state index in [1.54, 1.807) is 0 Å². The highest BCUT2D eigenvalue weighted by atomic mass is 16.2. The van der Waals surface area contributed by atoms with Crippen LogP contribution < -0.4 is 32.5 Å². The fraction of sp³-hybridized carbons (Fsp3) is 0.625. The number of rotatable bonds is 7. The van der Waals surface area contributed by atoms with Gasteiger partial charge in [-0.05, 0) is 11.8 Å². The van der Waals surface area contributed by atoms with Crippen LogP contribution in [0.15, 0.2) is 9.59 Å². The highest BCUT2D eigenvalue weighted by Crippen LogP contribution is 2.18. The smallest absolute Gasteiger partial charge is 0.330 e. The van der Waals surface area contributed by atoms with Crippen LogP contribution in [0.4, 0.5) is 16.3 Å². The Morgan fingerprint density at radius 3 is 2.31 bits per heavy atom. The second-order valence-electron chi connectivity index (χ2n) is 6.90. The van der Waals surface area contributed by atoms with Gasteiger partial charge in [-0.1, -0.05) is 27.7 Å². The second kappa shape index (κ2) is 9.07. The number of imide groups is 1. The van der Waals surface area contributed by atoms with E-state index >= 15 is 0 Å². The van der Waals surface area contributed by atoms with Crippen molar-refractivity contribution >= 4 is 23.4 Å². The number of anilines is 2. The zero-order chi connectivity index (χ0) is 20.0. The van der Waals surface area contributed by atoms with E-state index in [1.807, 2.05) is 27.7 Å². The van der Waals surface area contributed by atoms with Crippen molar-refractivity contribution in [3.63, 3.8) is 0 Å². The number of aromatic amines is 1. The number of nitrogens with zero attached hydrogens (tertiary/aromatic N) is 2. The van der Waals surface area contributed by atoms with Gasteiger partial charge in [0.1, 0.15) is 11.5 Å². The van der Waals surface area contributed by atoms with E-state index in [2.05, 4.69) is 15.6 Å². The molecule has 10 heteroatoms. The van der Waals surface area contributed by atoms with Gasteiger partial charge in [0.2, 0.25) is 5.91 Å². The lowest BCUT2D eigenvalue weighted by atomic mass is 10.2. The number of aromatic nitrogens is 2. The predicted octanol–water partition coefficient (Wildman–Crippen LogP) is -0.307. The molecule has 5 N–H and O–H groups in total. The van der Waals surface area contributed by atoms with Crippen molar-refractivity contribution in [1.82, 2.24) is 20.2 Å². The normalized spacial score (nSPS) is 10.9. The van der Waals surface area contributed by atoms with Crippen LogP contribution in [-0.2, 0) is 11.3 Å². The molecule has 1 aromatic rings. The minimum Gasteiger partial charge on any atom is -0.383 e. The first kappa shape index (κ1) is 21.3. The monoisotopic (exact) mass is 368 g/mol. The molecule has 0 unspecified atom stereocenters. The molecule has 3 amide bonds. The van der Waals surface area contributed by atoms with Crippen LogP contribution in [0.2, 0.25) is 0 Å². The van der Waals surface area contributed by atoms with E-state index in [4.69, 9.17) is 5.73 Å². The molecule has 0 fully saturated rings. The van der Waals surface area contributed by atoms with Gasteiger partial charge in [-0.3, -0.25) is 24.5 Å². The molecule has 0 aliphatic carbocycles. The molecule has 0 radical (unpaired) electrons. The average molecular weight is 368 g/mol. The molecule has 0 saturated carbocycles. The molecular weight excluding hydrogens is 340 g/mol. The van der Waals surface area contributed by atoms with Gasteiger partial charge >= 0.3 is 11.7 Å². The lowest BCUT2D eigenvalue weighted by Gasteiger charge is -2.27. The maximum Gasteiger partial charge on any atom is 0.330 e. The Labute approximate surface area is 151 Å². The predicted molar refractivity (Wildman–Crippen MR) is 100 cm³/mol. The lowest BCUT2D eigenvalue weighted by Crippen LogP contribution is -2.47. The van der Waals surface area contributed by atoms with Crippen LogP contribution in [0.25, 0.3) is 0 Å². The molecule has 1 heterocycles. The standard InChI is InChI=1S/C16H28N6O4/c1-9(2)6-21(8-11(23)19-15(25)18-5)12-13(17)22(7-10(3)4)16(26)20-14(12)24/h9-10H,6-8,17H2,1-5H3,(H,20,24,26)(H2,18,19,23,25). The van der Waals surface area contributed by atoms with Gasteiger partial charge in [-0.25, -0.2) is 9.59 Å². The van der Waals surface area contributed by atoms with E-state index < -0.39 is 23.2 Å². The molecule has 0 bridgehead atoms. The van der Waals surface area contributed by atoms with Gasteiger partial charge in [0.05, 0.1) is 6.54 Å². The first-order valence-corrected chi connectivity index (χ1v) is 8.45. The van der Waals surface area contributed by atoms with E-state index in [-0.39, 0.29) is 29.9 Å². The maximum atomic E-state index is 12.4. The molecule has 10 nitrogen and oxygen atoms in total. The van der Waals surface area contributed by atoms with Gasteiger partial charge in [0, 0.05) is 20.1 Å². The summed E-state index contributed by atoms with van der Waals surface area (Å²) in [5, 5.41) is 4.43. The number of hydrogen-bond acceptors (Lipinski definition) is 6. The number of carbonyl (C=O) groups excluding carboxylic acids is 2. The SMILES string of the molecule is CNC(=O)NC(=O)CN(CC(C)C)c1c(N)n(CC(C)C)c(=O)[nH]c1=O. The first-order chi connectivity index (χ1) is 12.1. The first-order valence-electron chi connectivity index (χ1n) is 8.45. The Balaban J connectivity index is 3.33. The third kappa shape index (κ3) is 5.64. The number of nitrogens with one attached hydrogen (secondary N) is 3. The zero-order valence-corrected chi connectivity index (χ0v) is 15.9. The number of nitrogens with two attached hydrogens (primary N) is 1. The quantitative estimate of drug-likeness (QED) is 0.520. The van der Waals surface area contributed by atoms with Crippen LogP contribution in [0.1, 0.15) is 27.7 Å². The molecule has 0 spiro atoms. The zero-order valence-electron chi connectivity index (χ0n) is 15.9. The van der Waals surface area contributed by atoms with Gasteiger partial charge in [0.25, 0.3) is 5.56 Å². The molecule has 1 rings (SSSR count). The Hall–Kier alpha value is -2.78. The molecule has 1 aromatic heterocycles. The Morgan fingerprint density at radius 2 is 1.81 bits per heavy atom. The van der Waals surface area contributed by atoms with Crippen molar-refractivity contribution in [1.29, 1.82) is 0 Å². The average Bonchev–Trinajstić information content (AvgIpc) is 2.50. The number of urea groups is 1. The van der Waals surface area contributed by atoms with Gasteiger partial charge in [0.15, 0.2) is 0 Å². The summed E-state index contributed by atoms with van der Waals surface area (Å²) in [5.74, 6) is -0.359. The van der Waals surface area contributed by atoms with Crippen LogP contribution in [0.5, 0.6) is 0 Å². The second-order valence-corrected chi connectivity index (χ2v) is 6.90. The number of H-pyrrole nitrogens is 1. The Bertz CT molecular complexity index is 765. The highest BCUT2D eigenvalue weighted by molar-refractivity contribution is 5.96. The topological polar surface area (TPSA) is 142 Å². The lowest BCUT2D eigenvalue weighted by molar-refractivity contribution is -0.118. The largest absolute Gasteiger partial charge is 0.383 e. The maximum absolute atomic E-state index is 12.4. The summed E-state index contributed by atoms with van der Waals surface area (Å²) in [4.78, 5) is 51.6. The summed E-state index contributed by atoms with van der Waals surface area (Å²) in [6, 6.07) is -0.647. The van der Waals surface area contributed by atoms with Gasteiger partial charge < -0.3 is 16.0 Å². The number of carbonyl (C=O) groups is 2. The fourth-order valence-electron chi connectivity index (χ4n) is 2.51. The molecule has 0 aliphatic rings. The van der Waals surface area contributed by atoms with Crippen molar-refractivity contribution < 1.29 is 9.59 Å². The summed E-state index contributed by atoms with van der Waals surface area (Å²) in [5.41, 5.74) is 4.89. The summed E-state index contributed by atoms with van der Waals surface area (Å²) in [6.07, 6.45) is 0. The molecule has 0 aromatic carbocycles. The summed E-state index contributed by atoms with van der Waals surface area (Å²) in [7, 11) is 1.39. The molecular formula is C16H28N6O4. The highest BCUT2D eigenvalue weighted by Gasteiger charge is 2.22. The van der Waals surface area contributed by atoms with E-state index in [1.165, 1.54) is 16.5 Å². The number of nitrogen functional groups attached to an aromatic ring is 1. The Morgan fingerprint density at radius 1 is 1.19 bits per heavy atom. The molecule has 0 saturated heterocycles. The van der Waals surface area contributed by atoms with E-state index in [9.17, 15) is 19.2 Å². The van der Waals surface area contributed by atoms with Crippen molar-refractivity contribution in [3.8, 4) is 0 Å². The summed E-state index contributed by atoms with van der Waals surface area (Å²) < 4.78 is 1.28. The minimum atomic E-state index is -0.666. The number of hydrogen-bond donors (Lipinski definition) is 4. The molecule has 146 valence electrons.